The van der Waals surface area contributed by atoms with Gasteiger partial charge in [0.05, 0.1) is 13.2 Å². The summed E-state index contributed by atoms with van der Waals surface area (Å²) in [5.74, 6) is 0.608. The maximum absolute atomic E-state index is 12.0. The van der Waals surface area contributed by atoms with Crippen LogP contribution in [-0.2, 0) is 16.1 Å². The fraction of sp³-hybridized carbons (Fsp3) is 0.611. The molecule has 3 N–H and O–H groups in total. The van der Waals surface area contributed by atoms with Gasteiger partial charge in [-0.3, -0.25) is 9.69 Å². The molecule has 0 radical (unpaired) electrons. The molecule has 1 saturated heterocycles. The van der Waals surface area contributed by atoms with E-state index >= 15 is 0 Å². The lowest BCUT2D eigenvalue weighted by atomic mass is 10.0. The Kier molecular flexibility index (Phi) is 7.49. The van der Waals surface area contributed by atoms with Gasteiger partial charge in [0, 0.05) is 38.1 Å². The van der Waals surface area contributed by atoms with Crippen LogP contribution < -0.4 is 15.8 Å². The lowest BCUT2D eigenvalue weighted by Gasteiger charge is -2.26. The second kappa shape index (κ2) is 9.61. The Morgan fingerprint density at radius 1 is 1.38 bits per heavy atom. The number of amides is 1. The molecular weight excluding hydrogens is 306 g/mol. The first-order valence-electron chi connectivity index (χ1n) is 8.61. The number of rotatable bonds is 8. The molecule has 0 aromatic heterocycles. The number of nitrogens with two attached hydrogens (primary N) is 1. The van der Waals surface area contributed by atoms with E-state index in [0.717, 1.165) is 44.2 Å². The quantitative estimate of drug-likeness (QED) is 0.741. The third-order valence-electron chi connectivity index (χ3n) is 4.35. The van der Waals surface area contributed by atoms with Gasteiger partial charge < -0.3 is 20.5 Å². The Morgan fingerprint density at radius 3 is 2.83 bits per heavy atom. The van der Waals surface area contributed by atoms with Crippen molar-refractivity contribution in [3.05, 3.63) is 29.8 Å². The molecule has 2 rings (SSSR count). The number of benzene rings is 1. The minimum atomic E-state index is -0.196. The SMILES string of the molecule is CC(N)C(C)C(=O)NCc1cccc(OCCN2CCOCC2)c1. The molecule has 0 spiro atoms. The van der Waals surface area contributed by atoms with Crippen molar-refractivity contribution >= 4 is 5.91 Å². The van der Waals surface area contributed by atoms with Gasteiger partial charge in [-0.1, -0.05) is 19.1 Å². The zero-order chi connectivity index (χ0) is 17.4. The van der Waals surface area contributed by atoms with E-state index in [-0.39, 0.29) is 17.9 Å². The molecule has 1 aromatic carbocycles. The molecule has 6 heteroatoms. The zero-order valence-electron chi connectivity index (χ0n) is 14.7. The third kappa shape index (κ3) is 6.11. The molecule has 0 saturated carbocycles. The van der Waals surface area contributed by atoms with E-state index < -0.39 is 0 Å². The van der Waals surface area contributed by atoms with E-state index in [0.29, 0.717) is 13.2 Å². The van der Waals surface area contributed by atoms with E-state index in [4.69, 9.17) is 15.2 Å². The molecule has 2 unspecified atom stereocenters. The highest BCUT2D eigenvalue weighted by Crippen LogP contribution is 2.13. The summed E-state index contributed by atoms with van der Waals surface area (Å²) >= 11 is 0. The molecule has 1 aromatic rings. The zero-order valence-corrected chi connectivity index (χ0v) is 14.7. The number of hydrogen-bond acceptors (Lipinski definition) is 5. The first kappa shape index (κ1) is 18.7. The third-order valence-corrected chi connectivity index (χ3v) is 4.35. The van der Waals surface area contributed by atoms with E-state index in [1.54, 1.807) is 0 Å². The van der Waals surface area contributed by atoms with Gasteiger partial charge in [0.15, 0.2) is 0 Å². The van der Waals surface area contributed by atoms with Crippen molar-refractivity contribution in [3.63, 3.8) is 0 Å². The monoisotopic (exact) mass is 335 g/mol. The Balaban J connectivity index is 1.75. The van der Waals surface area contributed by atoms with Gasteiger partial charge in [0.2, 0.25) is 5.91 Å². The number of morpholine rings is 1. The van der Waals surface area contributed by atoms with Crippen LogP contribution in [0.1, 0.15) is 19.4 Å². The van der Waals surface area contributed by atoms with Crippen molar-refractivity contribution in [2.45, 2.75) is 26.4 Å². The van der Waals surface area contributed by atoms with E-state index in [2.05, 4.69) is 10.2 Å². The second-order valence-corrected chi connectivity index (χ2v) is 6.32. The Labute approximate surface area is 144 Å². The van der Waals surface area contributed by atoms with E-state index in [9.17, 15) is 4.79 Å². The summed E-state index contributed by atoms with van der Waals surface area (Å²) < 4.78 is 11.2. The van der Waals surface area contributed by atoms with Crippen LogP contribution in [0.25, 0.3) is 0 Å². The van der Waals surface area contributed by atoms with Crippen LogP contribution in [-0.4, -0.2) is 56.3 Å². The van der Waals surface area contributed by atoms with E-state index in [1.807, 2.05) is 38.1 Å². The Morgan fingerprint density at radius 2 is 2.12 bits per heavy atom. The molecule has 2 atom stereocenters. The van der Waals surface area contributed by atoms with Gasteiger partial charge >= 0.3 is 0 Å². The molecule has 1 amide bonds. The summed E-state index contributed by atoms with van der Waals surface area (Å²) in [7, 11) is 0. The summed E-state index contributed by atoms with van der Waals surface area (Å²) in [6, 6.07) is 7.68. The Bertz CT molecular complexity index is 516. The number of hydrogen-bond donors (Lipinski definition) is 2. The van der Waals surface area contributed by atoms with Crippen LogP contribution in [0.15, 0.2) is 24.3 Å². The number of carbonyl (C=O) groups excluding carboxylic acids is 1. The summed E-state index contributed by atoms with van der Waals surface area (Å²) in [4.78, 5) is 14.3. The summed E-state index contributed by atoms with van der Waals surface area (Å²) in [6.45, 7) is 9.24. The average molecular weight is 335 g/mol. The highest BCUT2D eigenvalue weighted by atomic mass is 16.5. The predicted octanol–water partition coefficient (Wildman–Crippen LogP) is 0.997. The number of carbonyl (C=O) groups is 1. The van der Waals surface area contributed by atoms with Crippen molar-refractivity contribution in [1.82, 2.24) is 10.2 Å². The van der Waals surface area contributed by atoms with Gasteiger partial charge in [-0.05, 0) is 24.6 Å². The number of nitrogens with zero attached hydrogens (tertiary/aromatic N) is 1. The molecular formula is C18H29N3O3. The van der Waals surface area contributed by atoms with Gasteiger partial charge in [-0.2, -0.15) is 0 Å². The van der Waals surface area contributed by atoms with Crippen molar-refractivity contribution in [2.24, 2.45) is 11.7 Å². The molecule has 6 nitrogen and oxygen atoms in total. The molecule has 134 valence electrons. The lowest BCUT2D eigenvalue weighted by molar-refractivity contribution is -0.125. The molecule has 1 aliphatic rings. The molecule has 24 heavy (non-hydrogen) atoms. The molecule has 0 aliphatic carbocycles. The largest absolute Gasteiger partial charge is 0.492 e. The lowest BCUT2D eigenvalue weighted by Crippen LogP contribution is -2.38. The number of ether oxygens (including phenoxy) is 2. The van der Waals surface area contributed by atoms with Gasteiger partial charge in [0.1, 0.15) is 12.4 Å². The van der Waals surface area contributed by atoms with E-state index in [1.165, 1.54) is 0 Å². The minimum Gasteiger partial charge on any atom is -0.492 e. The smallest absolute Gasteiger partial charge is 0.224 e. The van der Waals surface area contributed by atoms with Crippen LogP contribution in [0.3, 0.4) is 0 Å². The summed E-state index contributed by atoms with van der Waals surface area (Å²) in [5.41, 5.74) is 6.77. The minimum absolute atomic E-state index is 0.0244. The Hall–Kier alpha value is -1.63. The molecule has 1 aliphatic heterocycles. The highest BCUT2D eigenvalue weighted by molar-refractivity contribution is 5.78. The van der Waals surface area contributed by atoms with Crippen molar-refractivity contribution < 1.29 is 14.3 Å². The van der Waals surface area contributed by atoms with Gasteiger partial charge in [-0.15, -0.1) is 0 Å². The highest BCUT2D eigenvalue weighted by Gasteiger charge is 2.16. The maximum atomic E-state index is 12.0. The fourth-order valence-corrected chi connectivity index (χ4v) is 2.45. The van der Waals surface area contributed by atoms with Crippen LogP contribution in [0.2, 0.25) is 0 Å². The summed E-state index contributed by atoms with van der Waals surface area (Å²) in [6.07, 6.45) is 0. The van der Waals surface area contributed by atoms with Crippen molar-refractivity contribution in [3.8, 4) is 5.75 Å². The second-order valence-electron chi connectivity index (χ2n) is 6.32. The number of nitrogens with one attached hydrogen (secondary N) is 1. The van der Waals surface area contributed by atoms with Crippen LogP contribution in [0.4, 0.5) is 0 Å². The first-order valence-corrected chi connectivity index (χ1v) is 8.61. The topological polar surface area (TPSA) is 76.8 Å². The first-order chi connectivity index (χ1) is 11.6. The standard InChI is InChI=1S/C18H29N3O3/c1-14(15(2)19)18(22)20-13-16-4-3-5-17(12-16)24-11-8-21-6-9-23-10-7-21/h3-5,12,14-15H,6-11,13,19H2,1-2H3,(H,20,22). The molecule has 1 fully saturated rings. The average Bonchev–Trinajstić information content (AvgIpc) is 2.60. The van der Waals surface area contributed by atoms with Crippen LogP contribution in [0, 0.1) is 5.92 Å². The maximum Gasteiger partial charge on any atom is 0.224 e. The van der Waals surface area contributed by atoms with Crippen molar-refractivity contribution in [2.75, 3.05) is 39.5 Å². The summed E-state index contributed by atoms with van der Waals surface area (Å²) in [5, 5.41) is 2.92. The van der Waals surface area contributed by atoms with Crippen molar-refractivity contribution in [1.29, 1.82) is 0 Å². The molecule has 0 bridgehead atoms. The van der Waals surface area contributed by atoms with Crippen LogP contribution >= 0.6 is 0 Å². The van der Waals surface area contributed by atoms with Crippen LogP contribution in [0.5, 0.6) is 5.75 Å². The predicted molar refractivity (Wildman–Crippen MR) is 93.9 cm³/mol. The van der Waals surface area contributed by atoms with Gasteiger partial charge in [0.25, 0.3) is 0 Å². The molecule has 1 heterocycles. The normalized spacial score (nSPS) is 18.0. The fourth-order valence-electron chi connectivity index (χ4n) is 2.45. The van der Waals surface area contributed by atoms with Gasteiger partial charge in [-0.25, -0.2) is 0 Å².